The Kier molecular flexibility index (Phi) is 5.48. The monoisotopic (exact) mass is 474 g/mol. The number of benzene rings is 1. The highest BCUT2D eigenvalue weighted by molar-refractivity contribution is 5.85. The molecular weight excluding hydrogens is 444 g/mol. The molecule has 8 nitrogen and oxygen atoms in total. The Balaban J connectivity index is 1.43. The van der Waals surface area contributed by atoms with Gasteiger partial charge in [-0.05, 0) is 72.6 Å². The van der Waals surface area contributed by atoms with Crippen molar-refractivity contribution >= 4 is 23.0 Å². The third kappa shape index (κ3) is 3.86. The van der Waals surface area contributed by atoms with Crippen molar-refractivity contribution in [2.75, 3.05) is 26.3 Å². The molecule has 3 aliphatic heterocycles. The van der Waals surface area contributed by atoms with Gasteiger partial charge in [0.1, 0.15) is 5.65 Å². The number of carboxylic acid groups (broad SMARTS) is 1. The van der Waals surface area contributed by atoms with E-state index < -0.39 is 6.09 Å². The lowest BCUT2D eigenvalue weighted by Gasteiger charge is -2.34. The molecule has 8 heteroatoms. The van der Waals surface area contributed by atoms with Gasteiger partial charge in [0.05, 0.1) is 18.6 Å². The molecule has 6 rings (SSSR count). The Bertz CT molecular complexity index is 1310. The molecule has 2 fully saturated rings. The average Bonchev–Trinajstić information content (AvgIpc) is 3.64. The van der Waals surface area contributed by atoms with Crippen molar-refractivity contribution in [2.45, 2.75) is 45.2 Å². The van der Waals surface area contributed by atoms with Crippen LogP contribution in [0.15, 0.2) is 30.6 Å². The lowest BCUT2D eigenvalue weighted by molar-refractivity contribution is -0.136. The van der Waals surface area contributed by atoms with Crippen LogP contribution in [0.1, 0.15) is 47.6 Å². The van der Waals surface area contributed by atoms with E-state index in [-0.39, 0.29) is 17.9 Å². The summed E-state index contributed by atoms with van der Waals surface area (Å²) in [5.74, 6) is 0.0888. The summed E-state index contributed by atoms with van der Waals surface area (Å²) in [5.41, 5.74) is 7.42. The van der Waals surface area contributed by atoms with Crippen LogP contribution in [0.5, 0.6) is 0 Å². The number of nitrogens with zero attached hydrogens (tertiary/aromatic N) is 3. The zero-order chi connectivity index (χ0) is 24.1. The number of aromatic amines is 1. The lowest BCUT2D eigenvalue weighted by atomic mass is 9.86. The standard InChI is InChI=1S/C27H30N4O4/c1-16-12-28-25-21(16)11-20(13-29-25)19-9-17-4-7-30(26(32)18-5-8-35-15-18)14-23(17)22(10-19)24-3-2-6-31(24)27(33)34/h9-13,18,24H,2-8,14-15H2,1H3,(H,28,29)(H,33,34). The predicted molar refractivity (Wildman–Crippen MR) is 131 cm³/mol. The van der Waals surface area contributed by atoms with Gasteiger partial charge in [-0.25, -0.2) is 9.78 Å². The highest BCUT2D eigenvalue weighted by Crippen LogP contribution is 2.40. The summed E-state index contributed by atoms with van der Waals surface area (Å²) in [6, 6.07) is 6.31. The van der Waals surface area contributed by atoms with E-state index in [0.717, 1.165) is 64.5 Å². The third-order valence-corrected chi connectivity index (χ3v) is 7.90. The van der Waals surface area contributed by atoms with Gasteiger partial charge < -0.3 is 24.6 Å². The summed E-state index contributed by atoms with van der Waals surface area (Å²) in [6.45, 7) is 4.94. The largest absolute Gasteiger partial charge is 0.465 e. The molecule has 2 unspecified atom stereocenters. The quantitative estimate of drug-likeness (QED) is 0.591. The van der Waals surface area contributed by atoms with E-state index in [1.807, 2.05) is 17.3 Å². The van der Waals surface area contributed by atoms with Gasteiger partial charge in [-0.15, -0.1) is 0 Å². The number of carbonyl (C=O) groups is 2. The number of amides is 2. The van der Waals surface area contributed by atoms with Gasteiger partial charge in [0.2, 0.25) is 5.91 Å². The number of nitrogens with one attached hydrogen (secondary N) is 1. The van der Waals surface area contributed by atoms with Crippen LogP contribution < -0.4 is 0 Å². The van der Waals surface area contributed by atoms with Gasteiger partial charge in [-0.1, -0.05) is 6.07 Å². The van der Waals surface area contributed by atoms with E-state index in [0.29, 0.717) is 32.8 Å². The summed E-state index contributed by atoms with van der Waals surface area (Å²) in [7, 11) is 0. The topological polar surface area (TPSA) is 98.8 Å². The van der Waals surface area contributed by atoms with Crippen molar-refractivity contribution in [3.63, 3.8) is 0 Å². The SMILES string of the molecule is Cc1c[nH]c2ncc(-c3cc4c(c(C5CCCN5C(=O)O)c3)CN(C(=O)C3CCOC3)CC4)cc12. The van der Waals surface area contributed by atoms with Gasteiger partial charge in [0.25, 0.3) is 0 Å². The molecular formula is C27H30N4O4. The summed E-state index contributed by atoms with van der Waals surface area (Å²) in [4.78, 5) is 36.5. The molecule has 182 valence electrons. The van der Waals surface area contributed by atoms with Crippen LogP contribution in [0, 0.1) is 12.8 Å². The third-order valence-electron chi connectivity index (χ3n) is 7.90. The van der Waals surface area contributed by atoms with Crippen molar-refractivity contribution in [1.82, 2.24) is 19.8 Å². The maximum absolute atomic E-state index is 13.2. The Morgan fingerprint density at radius 2 is 2.06 bits per heavy atom. The molecule has 2 saturated heterocycles. The Hall–Kier alpha value is -3.39. The van der Waals surface area contributed by atoms with Crippen LogP contribution in [0.25, 0.3) is 22.2 Å². The van der Waals surface area contributed by atoms with E-state index in [1.165, 1.54) is 5.56 Å². The fraction of sp³-hybridized carbons (Fsp3) is 0.444. The summed E-state index contributed by atoms with van der Waals surface area (Å²) < 4.78 is 5.45. The molecule has 0 saturated carbocycles. The van der Waals surface area contributed by atoms with Crippen LogP contribution in [0.4, 0.5) is 4.79 Å². The van der Waals surface area contributed by atoms with Crippen molar-refractivity contribution in [1.29, 1.82) is 0 Å². The van der Waals surface area contributed by atoms with Crippen LogP contribution in [-0.2, 0) is 22.5 Å². The van der Waals surface area contributed by atoms with Crippen molar-refractivity contribution in [3.8, 4) is 11.1 Å². The zero-order valence-corrected chi connectivity index (χ0v) is 19.9. The van der Waals surface area contributed by atoms with Gasteiger partial charge in [0.15, 0.2) is 0 Å². The minimum atomic E-state index is -0.885. The summed E-state index contributed by atoms with van der Waals surface area (Å²) >= 11 is 0. The zero-order valence-electron chi connectivity index (χ0n) is 19.9. The summed E-state index contributed by atoms with van der Waals surface area (Å²) in [5, 5.41) is 11.0. The first-order chi connectivity index (χ1) is 17.0. The molecule has 3 aromatic rings. The normalized spacial score (nSPS) is 22.1. The van der Waals surface area contributed by atoms with E-state index >= 15 is 0 Å². The molecule has 1 aromatic carbocycles. The molecule has 5 heterocycles. The number of aromatic nitrogens is 2. The summed E-state index contributed by atoms with van der Waals surface area (Å²) in [6.07, 6.45) is 6.13. The highest BCUT2D eigenvalue weighted by Gasteiger charge is 2.35. The molecule has 2 amide bonds. The average molecular weight is 475 g/mol. The molecule has 0 spiro atoms. The highest BCUT2D eigenvalue weighted by atomic mass is 16.5. The number of likely N-dealkylation sites (tertiary alicyclic amines) is 1. The second-order valence-corrected chi connectivity index (χ2v) is 10.00. The van der Waals surface area contributed by atoms with Crippen molar-refractivity contribution in [2.24, 2.45) is 5.92 Å². The maximum atomic E-state index is 13.2. The molecule has 0 aliphatic carbocycles. The molecule has 2 aromatic heterocycles. The van der Waals surface area contributed by atoms with Crippen molar-refractivity contribution in [3.05, 3.63) is 52.8 Å². The first-order valence-electron chi connectivity index (χ1n) is 12.5. The van der Waals surface area contributed by atoms with E-state index in [1.54, 1.807) is 4.90 Å². The minimum Gasteiger partial charge on any atom is -0.465 e. The first kappa shape index (κ1) is 22.1. The Labute approximate surface area is 203 Å². The maximum Gasteiger partial charge on any atom is 0.407 e. The van der Waals surface area contributed by atoms with E-state index in [4.69, 9.17) is 4.74 Å². The molecule has 0 radical (unpaired) electrons. The van der Waals surface area contributed by atoms with E-state index in [9.17, 15) is 14.7 Å². The van der Waals surface area contributed by atoms with E-state index in [2.05, 4.69) is 35.1 Å². The number of fused-ring (bicyclic) bond motifs is 2. The second kappa shape index (κ2) is 8.68. The fourth-order valence-corrected chi connectivity index (χ4v) is 5.95. The number of rotatable bonds is 3. The molecule has 35 heavy (non-hydrogen) atoms. The van der Waals surface area contributed by atoms with Gasteiger partial charge >= 0.3 is 6.09 Å². The van der Waals surface area contributed by atoms with Crippen LogP contribution in [-0.4, -0.2) is 63.2 Å². The number of aryl methyl sites for hydroxylation is 1. The molecule has 3 aliphatic rings. The number of hydrogen-bond acceptors (Lipinski definition) is 4. The minimum absolute atomic E-state index is 0.0661. The fourth-order valence-electron chi connectivity index (χ4n) is 5.95. The van der Waals surface area contributed by atoms with Crippen LogP contribution in [0.2, 0.25) is 0 Å². The number of ether oxygens (including phenoxy) is 1. The van der Waals surface area contributed by atoms with Crippen molar-refractivity contribution < 1.29 is 19.4 Å². The van der Waals surface area contributed by atoms with Gasteiger partial charge in [-0.2, -0.15) is 0 Å². The smallest absolute Gasteiger partial charge is 0.407 e. The molecule has 2 N–H and O–H groups in total. The first-order valence-corrected chi connectivity index (χ1v) is 12.5. The van der Waals surface area contributed by atoms with Gasteiger partial charge in [0, 0.05) is 49.6 Å². The predicted octanol–water partition coefficient (Wildman–Crippen LogP) is 4.27. The number of carbonyl (C=O) groups excluding carboxylic acids is 1. The lowest BCUT2D eigenvalue weighted by Crippen LogP contribution is -2.41. The van der Waals surface area contributed by atoms with Gasteiger partial charge in [-0.3, -0.25) is 4.79 Å². The molecule has 2 atom stereocenters. The number of pyridine rings is 1. The van der Waals surface area contributed by atoms with Crippen LogP contribution >= 0.6 is 0 Å². The second-order valence-electron chi connectivity index (χ2n) is 10.00. The Morgan fingerprint density at radius 1 is 1.17 bits per heavy atom. The molecule has 0 bridgehead atoms. The number of H-pyrrole nitrogens is 1. The van der Waals surface area contributed by atoms with Crippen LogP contribution in [0.3, 0.4) is 0 Å². The number of hydrogen-bond donors (Lipinski definition) is 2. The Morgan fingerprint density at radius 3 is 2.86 bits per heavy atom.